The molecule has 0 radical (unpaired) electrons. The Morgan fingerprint density at radius 1 is 0.234 bits per heavy atom. The van der Waals surface area contributed by atoms with Crippen LogP contribution in [0, 0.1) is 0 Å². The first-order chi connectivity index (χ1) is 66.1. The van der Waals surface area contributed by atoms with Crippen LogP contribution in [0.25, 0.3) is 0 Å². The molecule has 27 N–H and O–H groups in total. The van der Waals surface area contributed by atoms with Crippen molar-refractivity contribution in [2.45, 2.75) is 137 Å². The van der Waals surface area contributed by atoms with Gasteiger partial charge in [0.25, 0.3) is 0 Å². The van der Waals surface area contributed by atoms with Crippen LogP contribution in [0.3, 0.4) is 0 Å². The summed E-state index contributed by atoms with van der Waals surface area (Å²) in [5, 5.41) is 94.9. The minimum Gasteiger partial charge on any atom is -0.508 e. The monoisotopic (exact) mass is 1960 g/mol. The maximum atomic E-state index is 11.8. The smallest absolute Gasteiger partial charge is 0.333 e. The van der Waals surface area contributed by atoms with Crippen LogP contribution in [-0.4, -0.2) is 173 Å². The van der Waals surface area contributed by atoms with E-state index in [9.17, 15) is 86.3 Å². The molecular weight excluding hydrogens is 1850 g/mol. The SMILES string of the molecule is CC(=O)NC(C(=O)O)c1ccc(O)cc1.CC(=O)NC(C(=O)O)c1ccc(OC(C)=O)cc1.CC(=O)NC(C(N)=O)c1ccc(O)cc1.CC(=O)NC(C(N)=O)c1ccc(OC(C)=O)cc1.CCOC(=O)C(N)c1ccc(O)cc1.CCOC(=O)C(NC(C)=O)c1ccc(O)cc1.CCOC(=O)C(NC(C)=O)c1ccc(OC(C)=O)cc1.NC(=O)C(N)c1ccc(O)cc1.NC(C(=O)O)c1ccc(O)cc1. The number of nitrogens with two attached hydrogens (primary N) is 6. The molecule has 9 aromatic rings. The van der Waals surface area contributed by atoms with E-state index in [0.717, 1.165) is 0 Å². The number of aromatic hydroxyl groups is 6. The quantitative estimate of drug-likeness (QED) is 0.0147. The Labute approximate surface area is 807 Å². The number of hydrogen-bond acceptors (Lipinski definition) is 33. The molecule has 9 unspecified atom stereocenters. The Kier molecular flexibility index (Phi) is 54.5. The van der Waals surface area contributed by atoms with E-state index in [1.54, 1.807) is 93.6 Å². The van der Waals surface area contributed by atoms with E-state index in [1.807, 2.05) is 0 Å². The van der Waals surface area contributed by atoms with Crippen LogP contribution in [-0.2, 0) is 101 Å². The summed E-state index contributed by atoms with van der Waals surface area (Å²) in [4.78, 5) is 198. The first kappa shape index (κ1) is 121. The van der Waals surface area contributed by atoms with Gasteiger partial charge in [0.2, 0.25) is 53.2 Å². The predicted octanol–water partition coefficient (Wildman–Crippen LogP) is 5.65. The largest absolute Gasteiger partial charge is 0.508 e. The molecule has 45 heteroatoms. The number of carbonyl (C=O) groups is 18. The first-order valence-corrected chi connectivity index (χ1v) is 41.7. The van der Waals surface area contributed by atoms with Crippen LogP contribution < -0.4 is 80.5 Å². The van der Waals surface area contributed by atoms with Gasteiger partial charge in [0.1, 0.15) is 82.0 Å². The summed E-state index contributed by atoms with van der Waals surface area (Å²) in [6.07, 6.45) is 0. The van der Waals surface area contributed by atoms with Crippen molar-refractivity contribution >= 4 is 107 Å². The number of hydrogen-bond donors (Lipinski definition) is 21. The highest BCUT2D eigenvalue weighted by Crippen LogP contribution is 2.26. The standard InChI is InChI=1S/C14H17NO5.C12H14N2O4.C12H13NO5.C12H15NO4.C10H12N2O3.C10H11NO4.C10H13NO3.C8H10N2O2.C8H9NO3/c1-4-19-14(18)13(15-9(2)16)11-5-7-12(8-6-11)20-10(3)17;1-7(15)14-11(12(13)17)9-3-5-10(6-4-9)18-8(2)16;1-7(14)13-11(12(16)17)9-3-5-10(6-4-9)18-8(2)15;1-3-17-12(16)11(13-8(2)14)9-4-6-10(15)7-5-9;1-6(13)12-9(10(11)15)7-2-4-8(14)5-3-7;1-6(12)11-9(10(14)15)7-2-4-8(13)5-3-7;1-2-14-10(13)9(11)7-3-5-8(12)6-4-7;9-7(8(10)12)5-1-3-6(11)4-2-5;9-7(8(11)12)5-1-3-6(10)4-2-5/h5-8,13H,4H2,1-3H3,(H,15,16);3-6,11H,1-2H3,(H2,13,17)(H,14,15);3-6,11H,1-2H3,(H,13,14)(H,16,17);4-7,11,15H,3H2,1-2H3,(H,13,14);2-5,9,14H,1H3,(H2,11,15)(H,12,13);2-5,9,13H,1H3,(H,11,12)(H,14,15);3-6,9,12H,2,11H2,1H3;1-4,7,11H,9H2,(H2,10,12);1-4,7,10H,9H2,(H,11,12). The molecule has 0 aromatic heterocycles. The van der Waals surface area contributed by atoms with E-state index < -0.39 is 138 Å². The predicted molar refractivity (Wildman–Crippen MR) is 502 cm³/mol. The number of nitrogens with one attached hydrogen (secondary N) is 6. The number of rotatable bonds is 30. The number of carboxylic acids is 3. The number of carboxylic acid groups (broad SMARTS) is 3. The summed E-state index contributed by atoms with van der Waals surface area (Å²) in [5.74, 6) is -8.69. The van der Waals surface area contributed by atoms with Gasteiger partial charge >= 0.3 is 53.7 Å². The lowest BCUT2D eigenvalue weighted by molar-refractivity contribution is -0.147. The van der Waals surface area contributed by atoms with Crippen LogP contribution in [0.2, 0.25) is 0 Å². The van der Waals surface area contributed by atoms with Gasteiger partial charge in [-0.15, -0.1) is 0 Å². The molecule has 0 aliphatic heterocycles. The molecule has 0 spiro atoms. The van der Waals surface area contributed by atoms with Crippen molar-refractivity contribution in [1.82, 2.24) is 31.9 Å². The Hall–Kier alpha value is -17.9. The molecule has 0 aliphatic carbocycles. The summed E-state index contributed by atoms with van der Waals surface area (Å²) in [5.41, 5.74) is 36.4. The van der Waals surface area contributed by atoms with Gasteiger partial charge in [0.05, 0.1) is 19.8 Å². The number of primary amides is 3. The average Bonchev–Trinajstić information content (AvgIpc) is 0.813. The summed E-state index contributed by atoms with van der Waals surface area (Å²) in [7, 11) is 0. The molecule has 0 heterocycles. The van der Waals surface area contributed by atoms with E-state index in [-0.39, 0.29) is 71.3 Å². The summed E-state index contributed by atoms with van der Waals surface area (Å²) in [6.45, 7) is 17.5. The van der Waals surface area contributed by atoms with Gasteiger partial charge in [-0.2, -0.15) is 0 Å². The Balaban J connectivity index is 0.000000796. The van der Waals surface area contributed by atoms with E-state index >= 15 is 0 Å². The second-order valence-electron chi connectivity index (χ2n) is 28.7. The Morgan fingerprint density at radius 2 is 0.411 bits per heavy atom. The van der Waals surface area contributed by atoms with Gasteiger partial charge in [0.15, 0.2) is 24.2 Å². The minimum absolute atomic E-state index is 0.0470. The molecule has 9 aromatic carbocycles. The number of amides is 9. The number of phenolic OH excluding ortho intramolecular Hbond substituents is 6. The zero-order chi connectivity index (χ0) is 107. The maximum absolute atomic E-state index is 11.8. The first-order valence-electron chi connectivity index (χ1n) is 41.7. The highest BCUT2D eigenvalue weighted by molar-refractivity contribution is 5.90. The van der Waals surface area contributed by atoms with Gasteiger partial charge in [0, 0.05) is 62.3 Å². The molecule has 0 fully saturated rings. The molecule has 0 saturated carbocycles. The minimum atomic E-state index is -1.16. The molecule has 45 nitrogen and oxygen atoms in total. The fraction of sp³-hybridized carbons (Fsp3) is 0.250. The second kappa shape index (κ2) is 63.4. The number of phenols is 6. The molecule has 0 saturated heterocycles. The lowest BCUT2D eigenvalue weighted by Crippen LogP contribution is -2.36. The highest BCUT2D eigenvalue weighted by atomic mass is 16.6. The van der Waals surface area contributed by atoms with Crippen LogP contribution in [0.5, 0.6) is 51.7 Å². The zero-order valence-electron chi connectivity index (χ0n) is 78.4. The van der Waals surface area contributed by atoms with E-state index in [4.69, 9.17) is 109 Å². The summed E-state index contributed by atoms with van der Waals surface area (Å²) in [6, 6.07) is 45.6. The fourth-order valence-electron chi connectivity index (χ4n) is 10.8. The number of ether oxygens (including phenoxy) is 6. The molecule has 0 aliphatic rings. The Morgan fingerprint density at radius 3 is 0.603 bits per heavy atom. The molecule has 9 rings (SSSR count). The molecular formula is C96H114N12O33. The van der Waals surface area contributed by atoms with Crippen molar-refractivity contribution < 1.29 is 161 Å². The maximum Gasteiger partial charge on any atom is 0.333 e. The van der Waals surface area contributed by atoms with Gasteiger partial charge in [-0.3, -0.25) is 62.3 Å². The number of esters is 6. The Bertz CT molecular complexity index is 5400. The lowest BCUT2D eigenvalue weighted by Gasteiger charge is -2.16. The molecule has 9 atom stereocenters. The van der Waals surface area contributed by atoms with Gasteiger partial charge in [-0.25, -0.2) is 24.0 Å². The number of carbonyl (C=O) groups excluding carboxylic acids is 15. The van der Waals surface area contributed by atoms with Crippen LogP contribution in [0.15, 0.2) is 218 Å². The average molecular weight is 1960 g/mol. The van der Waals surface area contributed by atoms with Gasteiger partial charge < -0.3 is 141 Å². The van der Waals surface area contributed by atoms with Crippen LogP contribution in [0.1, 0.15) is 188 Å². The van der Waals surface area contributed by atoms with Crippen molar-refractivity contribution in [2.75, 3.05) is 19.8 Å². The number of aliphatic carboxylic acids is 3. The van der Waals surface area contributed by atoms with E-state index in [1.165, 1.54) is 208 Å². The van der Waals surface area contributed by atoms with Crippen molar-refractivity contribution in [3.63, 3.8) is 0 Å². The third-order valence-corrected chi connectivity index (χ3v) is 17.2. The number of benzene rings is 9. The molecule has 9 amide bonds. The van der Waals surface area contributed by atoms with Crippen molar-refractivity contribution in [2.24, 2.45) is 34.4 Å². The van der Waals surface area contributed by atoms with Gasteiger partial charge in [-0.1, -0.05) is 109 Å². The van der Waals surface area contributed by atoms with Crippen LogP contribution in [0.4, 0.5) is 0 Å². The molecule has 0 bridgehead atoms. The topological polar surface area (TPSA) is 773 Å². The summed E-state index contributed by atoms with van der Waals surface area (Å²) < 4.78 is 29.1. The molecule has 141 heavy (non-hydrogen) atoms. The van der Waals surface area contributed by atoms with Crippen LogP contribution >= 0.6 is 0 Å². The lowest BCUT2D eigenvalue weighted by atomic mass is 10.1. The molecule has 756 valence electrons. The highest BCUT2D eigenvalue weighted by Gasteiger charge is 2.28. The fourth-order valence-corrected chi connectivity index (χ4v) is 10.8. The normalized spacial score (nSPS) is 11.8. The van der Waals surface area contributed by atoms with Crippen molar-refractivity contribution in [1.29, 1.82) is 0 Å². The third-order valence-electron chi connectivity index (χ3n) is 17.2. The van der Waals surface area contributed by atoms with E-state index in [0.29, 0.717) is 73.9 Å². The van der Waals surface area contributed by atoms with Crippen molar-refractivity contribution in [3.8, 4) is 51.7 Å². The second-order valence-corrected chi connectivity index (χ2v) is 28.7. The van der Waals surface area contributed by atoms with E-state index in [2.05, 4.69) is 31.9 Å². The van der Waals surface area contributed by atoms with Crippen molar-refractivity contribution in [3.05, 3.63) is 268 Å². The van der Waals surface area contributed by atoms with Gasteiger partial charge in [-0.05, 0) is 180 Å². The zero-order valence-corrected chi connectivity index (χ0v) is 78.4. The summed E-state index contributed by atoms with van der Waals surface area (Å²) >= 11 is 0. The third kappa shape index (κ3) is 49.3.